The van der Waals surface area contributed by atoms with Crippen molar-refractivity contribution in [1.29, 1.82) is 0 Å². The summed E-state index contributed by atoms with van der Waals surface area (Å²) in [6, 6.07) is -0.933. The number of aryl methyl sites for hydroxylation is 1. The van der Waals surface area contributed by atoms with Crippen LogP contribution in [-0.2, 0) is 6.54 Å². The van der Waals surface area contributed by atoms with E-state index in [1.54, 1.807) is 17.8 Å². The van der Waals surface area contributed by atoms with Gasteiger partial charge in [-0.1, -0.05) is 11.6 Å². The first-order valence-electron chi connectivity index (χ1n) is 8.20. The van der Waals surface area contributed by atoms with Gasteiger partial charge < -0.3 is 10.1 Å². The summed E-state index contributed by atoms with van der Waals surface area (Å²) in [6.07, 6.45) is 2.01. The van der Waals surface area contributed by atoms with Gasteiger partial charge in [-0.3, -0.25) is 4.68 Å². The van der Waals surface area contributed by atoms with Crippen LogP contribution in [-0.4, -0.2) is 42.1 Å². The molecule has 0 saturated heterocycles. The predicted molar refractivity (Wildman–Crippen MR) is 89.3 cm³/mol. The van der Waals surface area contributed by atoms with Crippen molar-refractivity contribution in [1.82, 2.24) is 29.5 Å². The molecule has 0 aromatic carbocycles. The van der Waals surface area contributed by atoms with Gasteiger partial charge in [0, 0.05) is 25.6 Å². The van der Waals surface area contributed by atoms with E-state index >= 15 is 0 Å². The van der Waals surface area contributed by atoms with E-state index in [4.69, 9.17) is 16.3 Å². The second-order valence-corrected chi connectivity index (χ2v) is 6.82. The molecular weight excluding hydrogens is 368 g/mol. The lowest BCUT2D eigenvalue weighted by molar-refractivity contribution is 0.0975. The number of halogens is 3. The van der Waals surface area contributed by atoms with Crippen molar-refractivity contribution in [3.8, 4) is 5.88 Å². The van der Waals surface area contributed by atoms with Crippen LogP contribution in [0.1, 0.15) is 24.6 Å². The summed E-state index contributed by atoms with van der Waals surface area (Å²) in [4.78, 5) is 8.72. The molecule has 2 bridgehead atoms. The number of aromatic nitrogens is 6. The topological polar surface area (TPSA) is 82.7 Å². The van der Waals surface area contributed by atoms with E-state index in [-0.39, 0.29) is 12.3 Å². The average molecular weight is 382 g/mol. The first kappa shape index (κ1) is 15.7. The molecule has 5 rings (SSSR count). The van der Waals surface area contributed by atoms with Crippen molar-refractivity contribution in [3.63, 3.8) is 0 Å². The highest BCUT2D eigenvalue weighted by Crippen LogP contribution is 2.53. The van der Waals surface area contributed by atoms with Crippen molar-refractivity contribution >= 4 is 34.3 Å². The van der Waals surface area contributed by atoms with E-state index in [1.165, 1.54) is 4.68 Å². The van der Waals surface area contributed by atoms with Crippen LogP contribution >= 0.6 is 11.6 Å². The molecule has 4 heterocycles. The van der Waals surface area contributed by atoms with Crippen molar-refractivity contribution in [2.45, 2.75) is 38.3 Å². The Morgan fingerprint density at radius 1 is 1.38 bits per heavy atom. The SMILES string of the molecule is Cc1c2c(nn1C1CC1(F)F)OCCCn1nc(Cl)c3cnc(nc31)N2. The van der Waals surface area contributed by atoms with Crippen LogP contribution in [0.3, 0.4) is 0 Å². The van der Waals surface area contributed by atoms with Gasteiger partial charge in [0.25, 0.3) is 11.8 Å². The highest BCUT2D eigenvalue weighted by molar-refractivity contribution is 6.34. The van der Waals surface area contributed by atoms with Gasteiger partial charge in [-0.25, -0.2) is 18.4 Å². The molecule has 1 fully saturated rings. The van der Waals surface area contributed by atoms with Crippen LogP contribution in [0.2, 0.25) is 5.15 Å². The van der Waals surface area contributed by atoms with Crippen LogP contribution < -0.4 is 10.1 Å². The normalized spacial score (nSPS) is 21.0. The van der Waals surface area contributed by atoms with Gasteiger partial charge in [0.05, 0.1) is 17.7 Å². The highest BCUT2D eigenvalue weighted by atomic mass is 35.5. The number of nitrogens with zero attached hydrogens (tertiary/aromatic N) is 6. The number of nitrogens with one attached hydrogen (secondary N) is 1. The van der Waals surface area contributed by atoms with E-state index in [1.807, 2.05) is 0 Å². The fraction of sp³-hybridized carbons (Fsp3) is 0.467. The number of ether oxygens (including phenoxy) is 1. The molecule has 26 heavy (non-hydrogen) atoms. The smallest absolute Gasteiger partial charge is 0.272 e. The third-order valence-electron chi connectivity index (χ3n) is 4.64. The van der Waals surface area contributed by atoms with Crippen LogP contribution in [0.25, 0.3) is 11.0 Å². The second kappa shape index (κ2) is 5.26. The third-order valence-corrected chi connectivity index (χ3v) is 4.92. The molecule has 3 aromatic rings. The number of rotatable bonds is 1. The first-order valence-corrected chi connectivity index (χ1v) is 8.57. The molecule has 0 amide bonds. The Morgan fingerprint density at radius 2 is 2.19 bits per heavy atom. The van der Waals surface area contributed by atoms with E-state index in [0.717, 1.165) is 0 Å². The molecule has 0 radical (unpaired) electrons. The van der Waals surface area contributed by atoms with Gasteiger partial charge in [-0.2, -0.15) is 10.1 Å². The van der Waals surface area contributed by atoms with Crippen molar-refractivity contribution < 1.29 is 13.5 Å². The molecular formula is C15H14ClF2N7O. The monoisotopic (exact) mass is 381 g/mol. The predicted octanol–water partition coefficient (Wildman–Crippen LogP) is 3.09. The Kier molecular flexibility index (Phi) is 3.18. The van der Waals surface area contributed by atoms with Crippen LogP contribution in [0, 0.1) is 6.92 Å². The maximum absolute atomic E-state index is 13.5. The Labute approximate surface area is 151 Å². The minimum absolute atomic E-state index is 0.214. The van der Waals surface area contributed by atoms with Gasteiger partial charge in [-0.15, -0.1) is 5.10 Å². The molecule has 1 unspecified atom stereocenters. The summed E-state index contributed by atoms with van der Waals surface area (Å²) in [6.45, 7) is 2.62. The fourth-order valence-electron chi connectivity index (χ4n) is 3.14. The van der Waals surface area contributed by atoms with Crippen LogP contribution in [0.4, 0.5) is 20.4 Å². The highest BCUT2D eigenvalue weighted by Gasteiger charge is 2.59. The lowest BCUT2D eigenvalue weighted by atomic mass is 10.3. The maximum atomic E-state index is 13.5. The first-order chi connectivity index (χ1) is 12.4. The van der Waals surface area contributed by atoms with Gasteiger partial charge in [0.1, 0.15) is 11.7 Å². The summed E-state index contributed by atoms with van der Waals surface area (Å²) in [5.41, 5.74) is 1.65. The summed E-state index contributed by atoms with van der Waals surface area (Å²) in [5, 5.41) is 12.6. The maximum Gasteiger partial charge on any atom is 0.272 e. The zero-order valence-corrected chi connectivity index (χ0v) is 14.5. The molecule has 1 aliphatic heterocycles. The van der Waals surface area contributed by atoms with E-state index in [0.29, 0.717) is 53.1 Å². The lowest BCUT2D eigenvalue weighted by Crippen LogP contribution is -2.08. The van der Waals surface area contributed by atoms with Crippen molar-refractivity contribution in [3.05, 3.63) is 17.0 Å². The molecule has 136 valence electrons. The summed E-state index contributed by atoms with van der Waals surface area (Å²) in [5.74, 6) is -2.16. The van der Waals surface area contributed by atoms with Gasteiger partial charge >= 0.3 is 0 Å². The molecule has 1 aliphatic carbocycles. The summed E-state index contributed by atoms with van der Waals surface area (Å²) in [7, 11) is 0. The minimum atomic E-state index is -2.73. The number of anilines is 2. The summed E-state index contributed by atoms with van der Waals surface area (Å²) < 4.78 is 35.8. The van der Waals surface area contributed by atoms with Gasteiger partial charge in [0.2, 0.25) is 5.95 Å². The molecule has 11 heteroatoms. The zero-order chi connectivity index (χ0) is 18.1. The molecule has 0 spiro atoms. The Hall–Kier alpha value is -2.49. The zero-order valence-electron chi connectivity index (χ0n) is 13.7. The average Bonchev–Trinajstić information content (AvgIpc) is 2.97. The number of hydrogen-bond acceptors (Lipinski definition) is 6. The minimum Gasteiger partial charge on any atom is -0.475 e. The molecule has 8 nitrogen and oxygen atoms in total. The van der Waals surface area contributed by atoms with Gasteiger partial charge in [-0.05, 0) is 6.92 Å². The van der Waals surface area contributed by atoms with Crippen molar-refractivity contribution in [2.75, 3.05) is 11.9 Å². The molecule has 3 aromatic heterocycles. The standard InChI is InChI=1S/C15H14ClF2N7O/c1-7-10-13(23-25(7)9-5-15(9,17)18)26-4-2-3-24-12-8(11(16)22-24)6-19-14(20-10)21-12/h6,9H,2-5H2,1H3,(H,19,20,21). The van der Waals surface area contributed by atoms with Crippen LogP contribution in [0.15, 0.2) is 6.20 Å². The van der Waals surface area contributed by atoms with E-state index < -0.39 is 12.0 Å². The number of alkyl halides is 2. The quantitative estimate of drug-likeness (QED) is 0.697. The Balaban J connectivity index is 1.61. The molecule has 1 N–H and O–H groups in total. The second-order valence-electron chi connectivity index (χ2n) is 6.46. The molecule has 1 atom stereocenters. The Bertz CT molecular complexity index is 1030. The van der Waals surface area contributed by atoms with Gasteiger partial charge in [0.15, 0.2) is 10.8 Å². The molecule has 1 saturated carbocycles. The number of hydrogen-bond donors (Lipinski definition) is 1. The Morgan fingerprint density at radius 3 is 2.96 bits per heavy atom. The molecule has 2 aliphatic rings. The lowest BCUT2D eigenvalue weighted by Gasteiger charge is -2.07. The third kappa shape index (κ3) is 2.32. The van der Waals surface area contributed by atoms with Crippen LogP contribution in [0.5, 0.6) is 5.88 Å². The van der Waals surface area contributed by atoms with Crippen molar-refractivity contribution in [2.24, 2.45) is 0 Å². The van der Waals surface area contributed by atoms with E-state index in [2.05, 4.69) is 25.5 Å². The number of fused-ring (bicyclic) bond motifs is 2. The van der Waals surface area contributed by atoms with E-state index in [9.17, 15) is 8.78 Å². The largest absolute Gasteiger partial charge is 0.475 e. The fourth-order valence-corrected chi connectivity index (χ4v) is 3.36. The summed E-state index contributed by atoms with van der Waals surface area (Å²) >= 11 is 6.13.